The van der Waals surface area contributed by atoms with Crippen molar-refractivity contribution in [2.75, 3.05) is 32.1 Å². The number of carbonyl (C=O) groups is 2. The van der Waals surface area contributed by atoms with E-state index in [-0.39, 0.29) is 35.8 Å². The maximum Gasteiger partial charge on any atom is 0.293 e. The predicted molar refractivity (Wildman–Crippen MR) is 76.5 cm³/mol. The molecule has 0 atom stereocenters. The Balaban J connectivity index is 2.53. The molecular weight excluding hydrogens is 278 g/mol. The van der Waals surface area contributed by atoms with Crippen molar-refractivity contribution in [1.29, 1.82) is 0 Å². The van der Waals surface area contributed by atoms with Gasteiger partial charge in [-0.15, -0.1) is 0 Å². The minimum atomic E-state index is -0.575. The highest BCUT2D eigenvalue weighted by Gasteiger charge is 2.14. The Hall–Kier alpha value is -2.48. The molecule has 0 fully saturated rings. The zero-order chi connectivity index (χ0) is 15.7. The molecule has 0 saturated carbocycles. The number of rotatable bonds is 9. The highest BCUT2D eigenvalue weighted by atomic mass is 16.6. The van der Waals surface area contributed by atoms with Crippen LogP contribution in [0.2, 0.25) is 0 Å². The van der Waals surface area contributed by atoms with Crippen molar-refractivity contribution < 1.29 is 19.2 Å². The Morgan fingerprint density at radius 3 is 2.81 bits per heavy atom. The van der Waals surface area contributed by atoms with Crippen molar-refractivity contribution in [3.8, 4) is 0 Å². The van der Waals surface area contributed by atoms with Crippen molar-refractivity contribution in [3.63, 3.8) is 0 Å². The number of nitro benzene ring substituents is 1. The van der Waals surface area contributed by atoms with Crippen LogP contribution in [0, 0.1) is 10.1 Å². The lowest BCUT2D eigenvalue weighted by Crippen LogP contribution is -2.28. The zero-order valence-corrected chi connectivity index (χ0v) is 11.6. The number of hydrogen-bond donors (Lipinski definition) is 2. The van der Waals surface area contributed by atoms with Crippen LogP contribution in [0.1, 0.15) is 16.8 Å². The molecule has 0 radical (unpaired) electrons. The molecule has 0 aliphatic carbocycles. The minimum absolute atomic E-state index is 0.174. The van der Waals surface area contributed by atoms with Crippen LogP contribution < -0.4 is 10.6 Å². The number of amides is 1. The summed E-state index contributed by atoms with van der Waals surface area (Å²) in [6, 6.07) is 4.11. The standard InChI is InChI=1S/C13H17N3O5/c1-21-7-6-15-13(18)4-5-14-11-3-2-10(9-17)8-12(11)16(19)20/h2-3,8-9,14H,4-7H2,1H3,(H,15,18). The number of nitrogens with zero attached hydrogens (tertiary/aromatic N) is 1. The number of ether oxygens (including phenoxy) is 1. The average molecular weight is 295 g/mol. The van der Waals surface area contributed by atoms with Gasteiger partial charge in [0.1, 0.15) is 12.0 Å². The summed E-state index contributed by atoms with van der Waals surface area (Å²) in [6.07, 6.45) is 0.719. The van der Waals surface area contributed by atoms with Crippen LogP contribution in [0.5, 0.6) is 0 Å². The summed E-state index contributed by atoms with van der Waals surface area (Å²) in [4.78, 5) is 32.4. The van der Waals surface area contributed by atoms with E-state index in [0.717, 1.165) is 0 Å². The second kappa shape index (κ2) is 8.64. The second-order valence-corrected chi connectivity index (χ2v) is 4.17. The number of aldehydes is 1. The third kappa shape index (κ3) is 5.57. The van der Waals surface area contributed by atoms with E-state index in [1.165, 1.54) is 25.3 Å². The van der Waals surface area contributed by atoms with Gasteiger partial charge in [-0.1, -0.05) is 0 Å². The number of carbonyl (C=O) groups excluding carboxylic acids is 2. The molecule has 0 spiro atoms. The minimum Gasteiger partial charge on any atom is -0.383 e. The van der Waals surface area contributed by atoms with Crippen LogP contribution in [-0.4, -0.2) is 43.9 Å². The molecule has 1 aromatic rings. The lowest BCUT2D eigenvalue weighted by Gasteiger charge is -2.08. The lowest BCUT2D eigenvalue weighted by molar-refractivity contribution is -0.384. The van der Waals surface area contributed by atoms with E-state index >= 15 is 0 Å². The Labute approximate surface area is 121 Å². The van der Waals surface area contributed by atoms with Crippen molar-refractivity contribution >= 4 is 23.6 Å². The Bertz CT molecular complexity index is 519. The van der Waals surface area contributed by atoms with Gasteiger partial charge >= 0.3 is 0 Å². The largest absolute Gasteiger partial charge is 0.383 e. The maximum absolute atomic E-state index is 11.4. The van der Waals surface area contributed by atoms with Crippen molar-refractivity contribution in [2.24, 2.45) is 0 Å². The maximum atomic E-state index is 11.4. The van der Waals surface area contributed by atoms with Gasteiger partial charge in [-0.3, -0.25) is 19.7 Å². The molecule has 0 heterocycles. The van der Waals surface area contributed by atoms with Gasteiger partial charge in [-0.2, -0.15) is 0 Å². The SMILES string of the molecule is COCCNC(=O)CCNc1ccc(C=O)cc1[N+](=O)[O-]. The zero-order valence-electron chi connectivity index (χ0n) is 11.6. The summed E-state index contributed by atoms with van der Waals surface area (Å²) in [5, 5.41) is 16.4. The molecule has 1 amide bonds. The van der Waals surface area contributed by atoms with Gasteiger partial charge in [0.2, 0.25) is 5.91 Å². The molecule has 0 aliphatic heterocycles. The molecule has 2 N–H and O–H groups in total. The summed E-state index contributed by atoms with van der Waals surface area (Å²) in [5.41, 5.74) is 0.305. The topological polar surface area (TPSA) is 111 Å². The summed E-state index contributed by atoms with van der Waals surface area (Å²) >= 11 is 0. The number of methoxy groups -OCH3 is 1. The first-order valence-corrected chi connectivity index (χ1v) is 6.31. The van der Waals surface area contributed by atoms with E-state index in [2.05, 4.69) is 10.6 Å². The van der Waals surface area contributed by atoms with Gasteiger partial charge in [0.25, 0.3) is 5.69 Å². The third-order valence-corrected chi connectivity index (χ3v) is 2.65. The molecule has 0 bridgehead atoms. The molecule has 21 heavy (non-hydrogen) atoms. The number of anilines is 1. The van der Waals surface area contributed by atoms with E-state index in [0.29, 0.717) is 19.4 Å². The molecule has 0 aromatic heterocycles. The van der Waals surface area contributed by atoms with Crippen LogP contribution in [0.3, 0.4) is 0 Å². The van der Waals surface area contributed by atoms with Gasteiger partial charge in [0.05, 0.1) is 11.5 Å². The van der Waals surface area contributed by atoms with Crippen LogP contribution in [0.4, 0.5) is 11.4 Å². The normalized spacial score (nSPS) is 9.95. The lowest BCUT2D eigenvalue weighted by atomic mass is 10.2. The highest BCUT2D eigenvalue weighted by Crippen LogP contribution is 2.24. The van der Waals surface area contributed by atoms with E-state index in [9.17, 15) is 19.7 Å². The van der Waals surface area contributed by atoms with Crippen LogP contribution in [0.15, 0.2) is 18.2 Å². The fraction of sp³-hybridized carbons (Fsp3) is 0.385. The molecule has 8 nitrogen and oxygen atoms in total. The van der Waals surface area contributed by atoms with Crippen LogP contribution in [0.25, 0.3) is 0 Å². The van der Waals surface area contributed by atoms with Crippen molar-refractivity contribution in [3.05, 3.63) is 33.9 Å². The van der Waals surface area contributed by atoms with Crippen LogP contribution in [-0.2, 0) is 9.53 Å². The van der Waals surface area contributed by atoms with E-state index in [1.807, 2.05) is 0 Å². The number of nitrogens with one attached hydrogen (secondary N) is 2. The van der Waals surface area contributed by atoms with Gasteiger partial charge in [0.15, 0.2) is 0 Å². The number of hydrogen-bond acceptors (Lipinski definition) is 6. The summed E-state index contributed by atoms with van der Waals surface area (Å²) < 4.78 is 4.80. The monoisotopic (exact) mass is 295 g/mol. The summed E-state index contributed by atoms with van der Waals surface area (Å²) in [5.74, 6) is -0.174. The molecule has 8 heteroatoms. The molecule has 1 aromatic carbocycles. The Morgan fingerprint density at radius 1 is 1.43 bits per heavy atom. The Morgan fingerprint density at radius 2 is 2.19 bits per heavy atom. The quantitative estimate of drug-likeness (QED) is 0.304. The molecule has 0 aliphatic rings. The molecular formula is C13H17N3O5. The van der Waals surface area contributed by atoms with E-state index < -0.39 is 4.92 Å². The highest BCUT2D eigenvalue weighted by molar-refractivity contribution is 5.80. The molecule has 114 valence electrons. The van der Waals surface area contributed by atoms with Gasteiger partial charge < -0.3 is 15.4 Å². The molecule has 1 rings (SSSR count). The Kier molecular flexibility index (Phi) is 6.82. The van der Waals surface area contributed by atoms with Crippen molar-refractivity contribution in [2.45, 2.75) is 6.42 Å². The summed E-state index contributed by atoms with van der Waals surface area (Å²) in [7, 11) is 1.54. The first-order valence-electron chi connectivity index (χ1n) is 6.31. The van der Waals surface area contributed by atoms with Crippen molar-refractivity contribution in [1.82, 2.24) is 5.32 Å². The number of benzene rings is 1. The van der Waals surface area contributed by atoms with E-state index in [1.54, 1.807) is 0 Å². The predicted octanol–water partition coefficient (Wildman–Crippen LogP) is 0.972. The fourth-order valence-electron chi connectivity index (χ4n) is 1.61. The van der Waals surface area contributed by atoms with Crippen LogP contribution >= 0.6 is 0 Å². The third-order valence-electron chi connectivity index (χ3n) is 2.65. The molecule has 0 unspecified atom stereocenters. The van der Waals surface area contributed by atoms with Gasteiger partial charge in [0, 0.05) is 38.2 Å². The second-order valence-electron chi connectivity index (χ2n) is 4.17. The first-order chi connectivity index (χ1) is 10.1. The van der Waals surface area contributed by atoms with Gasteiger partial charge in [-0.25, -0.2) is 0 Å². The van der Waals surface area contributed by atoms with Gasteiger partial charge in [-0.05, 0) is 12.1 Å². The van der Waals surface area contributed by atoms with E-state index in [4.69, 9.17) is 4.74 Å². The smallest absolute Gasteiger partial charge is 0.293 e. The average Bonchev–Trinajstić information content (AvgIpc) is 2.47. The number of nitro groups is 1. The summed E-state index contributed by atoms with van der Waals surface area (Å²) in [6.45, 7) is 1.10. The first kappa shape index (κ1) is 16.6. The fourth-order valence-corrected chi connectivity index (χ4v) is 1.61. The molecule has 0 saturated heterocycles.